The van der Waals surface area contributed by atoms with Crippen LogP contribution in [0.4, 0.5) is 4.39 Å². The monoisotopic (exact) mass is 339 g/mol. The van der Waals surface area contributed by atoms with Crippen molar-refractivity contribution in [2.75, 3.05) is 13.1 Å². The van der Waals surface area contributed by atoms with Crippen molar-refractivity contribution in [3.05, 3.63) is 53.6 Å². The first-order chi connectivity index (χ1) is 12.2. The second-order valence-electron chi connectivity index (χ2n) is 6.26. The van der Waals surface area contributed by atoms with Gasteiger partial charge in [0.15, 0.2) is 0 Å². The molecule has 128 valence electrons. The van der Waals surface area contributed by atoms with Gasteiger partial charge in [0.2, 0.25) is 0 Å². The van der Waals surface area contributed by atoms with E-state index in [-0.39, 0.29) is 17.7 Å². The molecule has 2 aromatic rings. The van der Waals surface area contributed by atoms with Gasteiger partial charge in [0.25, 0.3) is 0 Å². The van der Waals surface area contributed by atoms with Crippen LogP contribution in [0.1, 0.15) is 24.1 Å². The van der Waals surface area contributed by atoms with Gasteiger partial charge < -0.3 is 10.4 Å². The molecule has 1 saturated heterocycles. The van der Waals surface area contributed by atoms with Crippen molar-refractivity contribution in [3.63, 3.8) is 0 Å². The van der Waals surface area contributed by atoms with Crippen molar-refractivity contribution >= 4 is 12.1 Å². The summed E-state index contributed by atoms with van der Waals surface area (Å²) in [6, 6.07) is 7.83. The van der Waals surface area contributed by atoms with Crippen molar-refractivity contribution in [2.45, 2.75) is 18.4 Å². The average molecular weight is 339 g/mol. The number of nitrogens with one attached hydrogen (secondary N) is 1. The number of aliphatic imine (C=N–C) groups is 2. The van der Waals surface area contributed by atoms with Gasteiger partial charge in [-0.05, 0) is 55.6 Å². The number of hydrogen-bond donors (Lipinski definition) is 2. The lowest BCUT2D eigenvalue weighted by Gasteiger charge is -2.39. The molecule has 1 atom stereocenters. The maximum Gasteiger partial charge on any atom is 0.314 e. The Hall–Kier alpha value is -2.67. The van der Waals surface area contributed by atoms with E-state index < -0.39 is 5.54 Å². The maximum atomic E-state index is 13.5. The smallest absolute Gasteiger partial charge is 0.314 e. The summed E-state index contributed by atoms with van der Waals surface area (Å²) in [5.74, 6) is -0.0850. The number of benzene rings is 1. The molecule has 6 nitrogen and oxygen atoms in total. The lowest BCUT2D eigenvalue weighted by Crippen LogP contribution is -2.45. The zero-order valence-corrected chi connectivity index (χ0v) is 13.6. The quantitative estimate of drug-likeness (QED) is 0.896. The van der Waals surface area contributed by atoms with E-state index in [0.717, 1.165) is 31.5 Å². The van der Waals surface area contributed by atoms with Crippen LogP contribution in [0.2, 0.25) is 0 Å². The Balaban J connectivity index is 1.86. The fraction of sp³-hybridized carbons (Fsp3) is 0.333. The number of piperidine rings is 1. The SMILES string of the molecule is Oc1nccc(C2=NC=NC2(c2ccc(F)cc2)C2CCNCC2)n1. The molecular weight excluding hydrogens is 321 g/mol. The molecule has 3 heterocycles. The minimum atomic E-state index is -0.726. The minimum absolute atomic E-state index is 0.203. The zero-order valence-electron chi connectivity index (χ0n) is 13.6. The van der Waals surface area contributed by atoms with E-state index in [2.05, 4.69) is 20.3 Å². The normalized spacial score (nSPS) is 23.6. The van der Waals surface area contributed by atoms with Gasteiger partial charge in [0.05, 0.1) is 5.69 Å². The fourth-order valence-electron chi connectivity index (χ4n) is 3.77. The number of aromatic nitrogens is 2. The van der Waals surface area contributed by atoms with Gasteiger partial charge in [-0.25, -0.2) is 14.4 Å². The van der Waals surface area contributed by atoms with Crippen molar-refractivity contribution in [3.8, 4) is 6.01 Å². The highest BCUT2D eigenvalue weighted by molar-refractivity contribution is 6.12. The van der Waals surface area contributed by atoms with Gasteiger partial charge in [0.1, 0.15) is 23.4 Å². The lowest BCUT2D eigenvalue weighted by atomic mass is 9.70. The number of aromatic hydroxyl groups is 1. The Morgan fingerprint density at radius 3 is 2.60 bits per heavy atom. The first-order valence-electron chi connectivity index (χ1n) is 8.31. The molecule has 2 aliphatic heterocycles. The Bertz CT molecular complexity index is 830. The predicted molar refractivity (Wildman–Crippen MR) is 92.4 cm³/mol. The molecule has 0 spiro atoms. The van der Waals surface area contributed by atoms with E-state index in [4.69, 9.17) is 4.99 Å². The van der Waals surface area contributed by atoms with E-state index in [1.165, 1.54) is 18.3 Å². The van der Waals surface area contributed by atoms with Crippen molar-refractivity contribution in [1.29, 1.82) is 0 Å². The number of hydrogen-bond acceptors (Lipinski definition) is 6. The molecular formula is C18H18FN5O. The molecule has 1 aromatic heterocycles. The molecule has 2 aliphatic rings. The Morgan fingerprint density at radius 1 is 1.12 bits per heavy atom. The number of nitrogens with zero attached hydrogens (tertiary/aromatic N) is 4. The van der Waals surface area contributed by atoms with Gasteiger partial charge in [-0.15, -0.1) is 0 Å². The topological polar surface area (TPSA) is 82.8 Å². The van der Waals surface area contributed by atoms with Crippen molar-refractivity contribution in [2.24, 2.45) is 15.9 Å². The van der Waals surface area contributed by atoms with E-state index in [1.54, 1.807) is 24.5 Å². The molecule has 0 amide bonds. The van der Waals surface area contributed by atoms with Crippen LogP contribution in [0.5, 0.6) is 6.01 Å². The molecule has 0 saturated carbocycles. The zero-order chi connectivity index (χ0) is 17.3. The molecule has 0 bridgehead atoms. The standard InChI is InChI=1S/C18H18FN5O/c19-14-3-1-12(2-4-14)18(13-5-8-20-9-6-13)16(22-11-23-18)15-7-10-21-17(25)24-15/h1-4,7,10-11,13,20H,5-6,8-9H2,(H,21,24,25). The van der Waals surface area contributed by atoms with Gasteiger partial charge in [0, 0.05) is 6.20 Å². The van der Waals surface area contributed by atoms with Gasteiger partial charge >= 0.3 is 6.01 Å². The van der Waals surface area contributed by atoms with Crippen LogP contribution in [-0.4, -0.2) is 40.2 Å². The molecule has 0 aliphatic carbocycles. The highest BCUT2D eigenvalue weighted by Crippen LogP contribution is 2.43. The van der Waals surface area contributed by atoms with Crippen molar-refractivity contribution in [1.82, 2.24) is 15.3 Å². The largest absolute Gasteiger partial charge is 0.479 e. The first kappa shape index (κ1) is 15.8. The van der Waals surface area contributed by atoms with Crippen LogP contribution in [0.15, 0.2) is 46.5 Å². The van der Waals surface area contributed by atoms with Crippen LogP contribution >= 0.6 is 0 Å². The second kappa shape index (κ2) is 6.33. The van der Waals surface area contributed by atoms with Gasteiger partial charge in [-0.2, -0.15) is 4.98 Å². The molecule has 0 radical (unpaired) electrons. The highest BCUT2D eigenvalue weighted by Gasteiger charge is 2.47. The molecule has 1 aromatic carbocycles. The third-order valence-corrected chi connectivity index (χ3v) is 4.91. The minimum Gasteiger partial charge on any atom is -0.479 e. The summed E-state index contributed by atoms with van der Waals surface area (Å²) in [4.78, 5) is 17.1. The Morgan fingerprint density at radius 2 is 1.88 bits per heavy atom. The Labute approximate surface area is 144 Å². The van der Waals surface area contributed by atoms with Gasteiger partial charge in [-0.3, -0.25) is 4.99 Å². The molecule has 1 unspecified atom stereocenters. The van der Waals surface area contributed by atoms with Crippen LogP contribution in [-0.2, 0) is 5.54 Å². The van der Waals surface area contributed by atoms with Crippen LogP contribution in [0.25, 0.3) is 0 Å². The predicted octanol–water partition coefficient (Wildman–Crippen LogP) is 2.05. The summed E-state index contributed by atoms with van der Waals surface area (Å²) >= 11 is 0. The second-order valence-corrected chi connectivity index (χ2v) is 6.26. The molecule has 2 N–H and O–H groups in total. The Kier molecular flexibility index (Phi) is 4.01. The summed E-state index contributed by atoms with van der Waals surface area (Å²) in [7, 11) is 0. The molecule has 25 heavy (non-hydrogen) atoms. The average Bonchev–Trinajstić information content (AvgIpc) is 3.09. The summed E-state index contributed by atoms with van der Waals surface area (Å²) in [5.41, 5.74) is 1.36. The summed E-state index contributed by atoms with van der Waals surface area (Å²) in [6.07, 6.45) is 4.88. The van der Waals surface area contributed by atoms with E-state index in [9.17, 15) is 9.50 Å². The van der Waals surface area contributed by atoms with Crippen LogP contribution in [0.3, 0.4) is 0 Å². The van der Waals surface area contributed by atoms with Gasteiger partial charge in [-0.1, -0.05) is 12.1 Å². The summed E-state index contributed by atoms with van der Waals surface area (Å²) < 4.78 is 13.5. The van der Waals surface area contributed by atoms with Crippen LogP contribution < -0.4 is 5.32 Å². The lowest BCUT2D eigenvalue weighted by molar-refractivity contribution is 0.283. The number of rotatable bonds is 3. The number of halogens is 1. The maximum absolute atomic E-state index is 13.5. The molecule has 7 heteroatoms. The van der Waals surface area contributed by atoms with E-state index in [0.29, 0.717) is 11.4 Å². The third kappa shape index (κ3) is 2.70. The van der Waals surface area contributed by atoms with Crippen molar-refractivity contribution < 1.29 is 9.50 Å². The molecule has 1 fully saturated rings. The highest BCUT2D eigenvalue weighted by atomic mass is 19.1. The van der Waals surface area contributed by atoms with Crippen LogP contribution in [0, 0.1) is 11.7 Å². The fourth-order valence-corrected chi connectivity index (χ4v) is 3.77. The van der Waals surface area contributed by atoms with E-state index >= 15 is 0 Å². The van der Waals surface area contributed by atoms with E-state index in [1.807, 2.05) is 0 Å². The summed E-state index contributed by atoms with van der Waals surface area (Å²) in [5, 5.41) is 13.0. The summed E-state index contributed by atoms with van der Waals surface area (Å²) in [6.45, 7) is 1.79. The first-order valence-corrected chi connectivity index (χ1v) is 8.31. The third-order valence-electron chi connectivity index (χ3n) is 4.91. The molecule has 4 rings (SSSR count).